The Morgan fingerprint density at radius 1 is 1.07 bits per heavy atom. The molecule has 8 heteroatoms. The molecular weight excluding hydrogens is 376 g/mol. The molecule has 0 saturated heterocycles. The molecule has 0 saturated carbocycles. The molecule has 0 amide bonds. The Balaban J connectivity index is 0.00000192. The van der Waals surface area contributed by atoms with Crippen molar-refractivity contribution in [3.05, 3.63) is 71.8 Å². The fourth-order valence-corrected chi connectivity index (χ4v) is 3.34. The molecule has 140 valence electrons. The molecular formula is C20H17ClN6O. The summed E-state index contributed by atoms with van der Waals surface area (Å²) in [5.74, 6) is 0.952. The highest BCUT2D eigenvalue weighted by molar-refractivity contribution is 6.12. The number of rotatable bonds is 3. The molecule has 2 aromatic carbocycles. The van der Waals surface area contributed by atoms with Gasteiger partial charge in [-0.25, -0.2) is 9.67 Å². The smallest absolute Gasteiger partial charge is 0.214 e. The molecule has 3 heterocycles. The van der Waals surface area contributed by atoms with Gasteiger partial charge in [0.2, 0.25) is 5.78 Å². The number of para-hydroxylation sites is 1. The van der Waals surface area contributed by atoms with Gasteiger partial charge in [0, 0.05) is 10.9 Å². The molecule has 7 nitrogen and oxygen atoms in total. The van der Waals surface area contributed by atoms with E-state index in [4.69, 9.17) is 5.73 Å². The lowest BCUT2D eigenvalue weighted by molar-refractivity contribution is 0.103. The maximum absolute atomic E-state index is 12.9. The van der Waals surface area contributed by atoms with Gasteiger partial charge in [-0.15, -0.1) is 12.4 Å². The monoisotopic (exact) mass is 392 g/mol. The molecule has 0 spiro atoms. The first-order valence-electron chi connectivity index (χ1n) is 8.53. The number of anilines is 1. The number of nitrogens with two attached hydrogens (primary N) is 1. The highest BCUT2D eigenvalue weighted by atomic mass is 35.5. The average Bonchev–Trinajstić information content (AvgIpc) is 3.35. The standard InChI is InChI=1S/C20H16N6O.ClH/c1-11-23-16-7-6-13(9-17(16)24-11)26-20(21)14(10-22-26)19(27)18-8-12-4-2-3-5-15(12)25-18;/h2-10,25H,21H2,1H3,(H,23,24);1H. The maximum Gasteiger partial charge on any atom is 0.214 e. The minimum atomic E-state index is -0.187. The maximum atomic E-state index is 12.9. The number of aromatic amines is 2. The third-order valence-corrected chi connectivity index (χ3v) is 4.65. The summed E-state index contributed by atoms with van der Waals surface area (Å²) in [5, 5.41) is 5.30. The second kappa shape index (κ2) is 6.54. The van der Waals surface area contributed by atoms with Crippen molar-refractivity contribution in [2.75, 3.05) is 5.73 Å². The molecule has 3 aromatic heterocycles. The molecule has 0 fully saturated rings. The van der Waals surface area contributed by atoms with Gasteiger partial charge >= 0.3 is 0 Å². The van der Waals surface area contributed by atoms with Crippen molar-refractivity contribution in [3.63, 3.8) is 0 Å². The number of H-pyrrole nitrogens is 2. The van der Waals surface area contributed by atoms with Crippen LogP contribution >= 0.6 is 12.4 Å². The van der Waals surface area contributed by atoms with Crippen LogP contribution in [0.4, 0.5) is 5.82 Å². The van der Waals surface area contributed by atoms with Crippen LogP contribution in [0.3, 0.4) is 0 Å². The predicted octanol–water partition coefficient (Wildman–Crippen LogP) is 3.77. The molecule has 0 aliphatic carbocycles. The molecule has 0 aliphatic heterocycles. The highest BCUT2D eigenvalue weighted by Gasteiger charge is 2.19. The van der Waals surface area contributed by atoms with Crippen molar-refractivity contribution in [1.82, 2.24) is 24.7 Å². The van der Waals surface area contributed by atoms with E-state index in [1.807, 2.05) is 55.5 Å². The fourth-order valence-electron chi connectivity index (χ4n) is 3.34. The van der Waals surface area contributed by atoms with E-state index in [2.05, 4.69) is 20.1 Å². The zero-order valence-corrected chi connectivity index (χ0v) is 15.7. The molecule has 28 heavy (non-hydrogen) atoms. The van der Waals surface area contributed by atoms with Gasteiger partial charge in [-0.3, -0.25) is 4.79 Å². The zero-order chi connectivity index (χ0) is 18.5. The van der Waals surface area contributed by atoms with Gasteiger partial charge in [0.1, 0.15) is 11.6 Å². The Hall–Kier alpha value is -3.58. The molecule has 0 aliphatic rings. The summed E-state index contributed by atoms with van der Waals surface area (Å²) in [7, 11) is 0. The Bertz CT molecular complexity index is 1300. The molecule has 5 rings (SSSR count). The number of fused-ring (bicyclic) bond motifs is 2. The minimum Gasteiger partial charge on any atom is -0.383 e. The van der Waals surface area contributed by atoms with Gasteiger partial charge < -0.3 is 15.7 Å². The van der Waals surface area contributed by atoms with E-state index in [-0.39, 0.29) is 18.2 Å². The Morgan fingerprint density at radius 2 is 1.89 bits per heavy atom. The van der Waals surface area contributed by atoms with Gasteiger partial charge in [-0.2, -0.15) is 5.10 Å². The number of hydrogen-bond acceptors (Lipinski definition) is 4. The number of carbonyl (C=O) groups excluding carboxylic acids is 1. The summed E-state index contributed by atoms with van der Waals surface area (Å²) in [6.07, 6.45) is 1.51. The van der Waals surface area contributed by atoms with E-state index in [0.717, 1.165) is 33.4 Å². The molecule has 0 atom stereocenters. The number of aryl methyl sites for hydroxylation is 1. The van der Waals surface area contributed by atoms with Crippen LogP contribution in [0.25, 0.3) is 27.6 Å². The number of hydrogen-bond donors (Lipinski definition) is 3. The zero-order valence-electron chi connectivity index (χ0n) is 14.9. The number of benzene rings is 2. The number of aromatic nitrogens is 5. The van der Waals surface area contributed by atoms with Gasteiger partial charge in [0.25, 0.3) is 0 Å². The summed E-state index contributed by atoms with van der Waals surface area (Å²) in [6, 6.07) is 15.3. The molecule has 0 bridgehead atoms. The molecule has 0 radical (unpaired) electrons. The van der Waals surface area contributed by atoms with Crippen LogP contribution < -0.4 is 5.73 Å². The van der Waals surface area contributed by atoms with E-state index in [1.165, 1.54) is 6.20 Å². The summed E-state index contributed by atoms with van der Waals surface area (Å²) < 4.78 is 1.56. The largest absolute Gasteiger partial charge is 0.383 e. The van der Waals surface area contributed by atoms with E-state index in [0.29, 0.717) is 17.1 Å². The third kappa shape index (κ3) is 2.73. The lowest BCUT2D eigenvalue weighted by Crippen LogP contribution is -2.07. The topological polar surface area (TPSA) is 105 Å². The van der Waals surface area contributed by atoms with Crippen molar-refractivity contribution in [3.8, 4) is 5.69 Å². The highest BCUT2D eigenvalue weighted by Crippen LogP contribution is 2.24. The minimum absolute atomic E-state index is 0. The number of carbonyl (C=O) groups is 1. The number of halogens is 1. The quantitative estimate of drug-likeness (QED) is 0.406. The van der Waals surface area contributed by atoms with Crippen LogP contribution in [0, 0.1) is 6.92 Å². The van der Waals surface area contributed by atoms with Crippen molar-refractivity contribution in [1.29, 1.82) is 0 Å². The number of ketones is 1. The van der Waals surface area contributed by atoms with E-state index >= 15 is 0 Å². The first-order chi connectivity index (χ1) is 13.1. The Kier molecular flexibility index (Phi) is 4.16. The predicted molar refractivity (Wildman–Crippen MR) is 111 cm³/mol. The van der Waals surface area contributed by atoms with Gasteiger partial charge in [-0.1, -0.05) is 18.2 Å². The second-order valence-electron chi connectivity index (χ2n) is 6.48. The number of imidazole rings is 1. The normalized spacial score (nSPS) is 11.0. The molecule has 0 unspecified atom stereocenters. The van der Waals surface area contributed by atoms with E-state index in [9.17, 15) is 4.79 Å². The van der Waals surface area contributed by atoms with Crippen LogP contribution in [-0.2, 0) is 0 Å². The van der Waals surface area contributed by atoms with Gasteiger partial charge in [0.05, 0.1) is 34.2 Å². The van der Waals surface area contributed by atoms with Crippen molar-refractivity contribution in [2.24, 2.45) is 0 Å². The van der Waals surface area contributed by atoms with Crippen LogP contribution in [0.15, 0.2) is 54.7 Å². The lowest BCUT2D eigenvalue weighted by Gasteiger charge is -2.05. The summed E-state index contributed by atoms with van der Waals surface area (Å²) in [4.78, 5) is 23.6. The van der Waals surface area contributed by atoms with Crippen molar-refractivity contribution in [2.45, 2.75) is 6.92 Å². The van der Waals surface area contributed by atoms with Crippen LogP contribution in [0.1, 0.15) is 21.9 Å². The van der Waals surface area contributed by atoms with Gasteiger partial charge in [-0.05, 0) is 37.3 Å². The van der Waals surface area contributed by atoms with Crippen LogP contribution in [0.5, 0.6) is 0 Å². The summed E-state index contributed by atoms with van der Waals surface area (Å²) >= 11 is 0. The SMILES string of the molecule is Cc1nc2ccc(-n3ncc(C(=O)c4cc5ccccc5[nH]4)c3N)cc2[nH]1.Cl. The van der Waals surface area contributed by atoms with Crippen LogP contribution in [0.2, 0.25) is 0 Å². The van der Waals surface area contributed by atoms with Crippen LogP contribution in [-0.4, -0.2) is 30.5 Å². The van der Waals surface area contributed by atoms with Crippen molar-refractivity contribution >= 4 is 45.9 Å². The van der Waals surface area contributed by atoms with E-state index < -0.39 is 0 Å². The molecule has 5 aromatic rings. The van der Waals surface area contributed by atoms with Gasteiger partial charge in [0.15, 0.2) is 0 Å². The number of nitrogens with zero attached hydrogens (tertiary/aromatic N) is 3. The first-order valence-corrected chi connectivity index (χ1v) is 8.53. The summed E-state index contributed by atoms with van der Waals surface area (Å²) in [6.45, 7) is 1.90. The second-order valence-corrected chi connectivity index (χ2v) is 6.48. The molecule has 4 N–H and O–H groups in total. The Morgan fingerprint density at radius 3 is 2.71 bits per heavy atom. The number of nitrogens with one attached hydrogen (secondary N) is 2. The Labute approximate surface area is 166 Å². The van der Waals surface area contributed by atoms with Crippen molar-refractivity contribution < 1.29 is 4.79 Å². The third-order valence-electron chi connectivity index (χ3n) is 4.65. The average molecular weight is 393 g/mol. The summed E-state index contributed by atoms with van der Waals surface area (Å²) in [5.41, 5.74) is 10.5. The fraction of sp³-hybridized carbons (Fsp3) is 0.0500. The first kappa shape index (κ1) is 17.8. The van der Waals surface area contributed by atoms with E-state index in [1.54, 1.807) is 4.68 Å². The number of nitrogen functional groups attached to an aromatic ring is 1. The lowest BCUT2D eigenvalue weighted by atomic mass is 10.1.